The molecule has 1 aromatic carbocycles. The topological polar surface area (TPSA) is 80.9 Å². The molecule has 0 unspecified atom stereocenters. The number of amides is 1. The number of carbonyl (C=O) groups excluding carboxylic acids is 1. The lowest BCUT2D eigenvalue weighted by Crippen LogP contribution is -2.27. The van der Waals surface area contributed by atoms with Crippen molar-refractivity contribution in [2.24, 2.45) is 0 Å². The van der Waals surface area contributed by atoms with E-state index in [1.165, 1.54) is 0 Å². The van der Waals surface area contributed by atoms with Gasteiger partial charge >= 0.3 is 0 Å². The van der Waals surface area contributed by atoms with Gasteiger partial charge in [-0.2, -0.15) is 0 Å². The van der Waals surface area contributed by atoms with Gasteiger partial charge in [0.15, 0.2) is 5.69 Å². The molecule has 3 aromatic rings. The molecule has 120 valence electrons. The smallest absolute Gasteiger partial charge is 0.272 e. The molecule has 3 N–H and O–H groups in total. The minimum atomic E-state index is -0.221. The van der Waals surface area contributed by atoms with E-state index in [-0.39, 0.29) is 17.6 Å². The van der Waals surface area contributed by atoms with Crippen LogP contribution in [-0.4, -0.2) is 21.9 Å². The Bertz CT molecular complexity index is 953. The van der Waals surface area contributed by atoms with Gasteiger partial charge in [-0.3, -0.25) is 4.79 Å². The zero-order chi connectivity index (χ0) is 16.7. The fraction of sp³-hybridized carbons (Fsp3) is 0.167. The number of nitrogens with zero attached hydrogens (tertiary/aromatic N) is 2. The van der Waals surface area contributed by atoms with Gasteiger partial charge in [-0.15, -0.1) is 0 Å². The molecule has 4 rings (SSSR count). The molecule has 5 nitrogen and oxygen atoms in total. The van der Waals surface area contributed by atoms with E-state index in [4.69, 9.17) is 17.3 Å². The Labute approximate surface area is 143 Å². The molecule has 1 amide bonds. The standard InChI is InChI=1S/C18H15ClN4O/c19-17-13(5-2-8-21-17)11-3-1-4-12-14(11)9-22-16(15(12)20)18(24)23-10-6-7-10/h1-5,8-10H,6-7,20H2,(H,23,24). The number of pyridine rings is 2. The number of hydrogen-bond acceptors (Lipinski definition) is 4. The van der Waals surface area contributed by atoms with Crippen LogP contribution in [0.15, 0.2) is 42.7 Å². The molecule has 1 saturated carbocycles. The van der Waals surface area contributed by atoms with E-state index in [0.29, 0.717) is 10.8 Å². The van der Waals surface area contributed by atoms with Crippen molar-refractivity contribution in [2.45, 2.75) is 18.9 Å². The van der Waals surface area contributed by atoms with Crippen LogP contribution in [0.1, 0.15) is 23.3 Å². The van der Waals surface area contributed by atoms with Crippen LogP contribution in [0.3, 0.4) is 0 Å². The van der Waals surface area contributed by atoms with Crippen molar-refractivity contribution >= 4 is 34.0 Å². The quantitative estimate of drug-likeness (QED) is 0.717. The van der Waals surface area contributed by atoms with Crippen LogP contribution in [0.4, 0.5) is 5.69 Å². The normalized spacial score (nSPS) is 13.9. The van der Waals surface area contributed by atoms with Gasteiger partial charge in [0.2, 0.25) is 0 Å². The largest absolute Gasteiger partial charge is 0.396 e. The Morgan fingerprint density at radius 3 is 2.67 bits per heavy atom. The average Bonchev–Trinajstić information content (AvgIpc) is 3.39. The third kappa shape index (κ3) is 2.57. The highest BCUT2D eigenvalue weighted by Crippen LogP contribution is 2.34. The molecule has 0 saturated heterocycles. The summed E-state index contributed by atoms with van der Waals surface area (Å²) in [5.74, 6) is -0.221. The number of benzene rings is 1. The first kappa shape index (κ1) is 14.9. The van der Waals surface area contributed by atoms with E-state index >= 15 is 0 Å². The summed E-state index contributed by atoms with van der Waals surface area (Å²) in [4.78, 5) is 20.7. The number of halogens is 1. The van der Waals surface area contributed by atoms with Crippen molar-refractivity contribution in [1.82, 2.24) is 15.3 Å². The molecule has 0 atom stereocenters. The van der Waals surface area contributed by atoms with Gasteiger partial charge in [0.1, 0.15) is 5.15 Å². The molecule has 0 spiro atoms. The lowest BCUT2D eigenvalue weighted by atomic mass is 9.99. The highest BCUT2D eigenvalue weighted by atomic mass is 35.5. The molecular formula is C18H15ClN4O. The Morgan fingerprint density at radius 1 is 1.12 bits per heavy atom. The van der Waals surface area contributed by atoms with E-state index in [2.05, 4.69) is 15.3 Å². The molecular weight excluding hydrogens is 324 g/mol. The summed E-state index contributed by atoms with van der Waals surface area (Å²) in [5.41, 5.74) is 8.57. The van der Waals surface area contributed by atoms with Gasteiger partial charge in [0.25, 0.3) is 5.91 Å². The van der Waals surface area contributed by atoms with Crippen molar-refractivity contribution in [3.8, 4) is 11.1 Å². The van der Waals surface area contributed by atoms with Gasteiger partial charge in [0.05, 0.1) is 5.69 Å². The summed E-state index contributed by atoms with van der Waals surface area (Å²) in [6, 6.07) is 9.70. The number of rotatable bonds is 3. The van der Waals surface area contributed by atoms with Gasteiger partial charge in [-0.1, -0.05) is 29.8 Å². The zero-order valence-electron chi connectivity index (χ0n) is 12.8. The van der Waals surface area contributed by atoms with Crippen molar-refractivity contribution in [3.63, 3.8) is 0 Å². The summed E-state index contributed by atoms with van der Waals surface area (Å²) < 4.78 is 0. The predicted octanol–water partition coefficient (Wildman–Crippen LogP) is 3.42. The number of hydrogen-bond donors (Lipinski definition) is 2. The first-order valence-corrected chi connectivity index (χ1v) is 8.12. The maximum Gasteiger partial charge on any atom is 0.272 e. The Balaban J connectivity index is 1.85. The number of aromatic nitrogens is 2. The monoisotopic (exact) mass is 338 g/mol. The highest BCUT2D eigenvalue weighted by molar-refractivity contribution is 6.32. The van der Waals surface area contributed by atoms with Gasteiger partial charge in [-0.25, -0.2) is 9.97 Å². The number of nitrogens with one attached hydrogen (secondary N) is 1. The molecule has 0 bridgehead atoms. The first-order valence-electron chi connectivity index (χ1n) is 7.74. The van der Waals surface area contributed by atoms with Gasteiger partial charge in [-0.05, 0) is 30.5 Å². The summed E-state index contributed by atoms with van der Waals surface area (Å²) in [6.07, 6.45) is 5.35. The second-order valence-corrected chi connectivity index (χ2v) is 6.23. The lowest BCUT2D eigenvalue weighted by molar-refractivity contribution is 0.0947. The second kappa shape index (κ2) is 5.76. The fourth-order valence-electron chi connectivity index (χ4n) is 2.75. The van der Waals surface area contributed by atoms with Crippen LogP contribution in [0, 0.1) is 0 Å². The maximum absolute atomic E-state index is 12.3. The molecule has 0 radical (unpaired) electrons. The van der Waals surface area contributed by atoms with E-state index in [0.717, 1.165) is 34.7 Å². The minimum Gasteiger partial charge on any atom is -0.396 e. The van der Waals surface area contributed by atoms with Crippen LogP contribution in [-0.2, 0) is 0 Å². The summed E-state index contributed by atoms with van der Waals surface area (Å²) >= 11 is 6.22. The van der Waals surface area contributed by atoms with Gasteiger partial charge in [0, 0.05) is 34.8 Å². The SMILES string of the molecule is Nc1c(C(=O)NC2CC2)ncc2c(-c3cccnc3Cl)cccc12. The summed E-state index contributed by atoms with van der Waals surface area (Å²) in [5, 5.41) is 4.96. The first-order chi connectivity index (χ1) is 11.6. The van der Waals surface area contributed by atoms with Crippen molar-refractivity contribution < 1.29 is 4.79 Å². The van der Waals surface area contributed by atoms with Gasteiger partial charge < -0.3 is 11.1 Å². The molecule has 1 aliphatic carbocycles. The van der Waals surface area contributed by atoms with E-state index in [1.54, 1.807) is 12.4 Å². The molecule has 1 fully saturated rings. The Morgan fingerprint density at radius 2 is 1.92 bits per heavy atom. The fourth-order valence-corrected chi connectivity index (χ4v) is 2.97. The Kier molecular flexibility index (Phi) is 3.58. The van der Waals surface area contributed by atoms with Crippen molar-refractivity contribution in [2.75, 3.05) is 5.73 Å². The third-order valence-electron chi connectivity index (χ3n) is 4.15. The second-order valence-electron chi connectivity index (χ2n) is 5.88. The third-order valence-corrected chi connectivity index (χ3v) is 4.45. The Hall–Kier alpha value is -2.66. The number of nitrogen functional groups attached to an aromatic ring is 1. The van der Waals surface area contributed by atoms with E-state index in [1.807, 2.05) is 30.3 Å². The number of fused-ring (bicyclic) bond motifs is 1. The van der Waals surface area contributed by atoms with Crippen LogP contribution >= 0.6 is 11.6 Å². The summed E-state index contributed by atoms with van der Waals surface area (Å²) in [7, 11) is 0. The molecule has 2 heterocycles. The van der Waals surface area contributed by atoms with Crippen molar-refractivity contribution in [3.05, 3.63) is 53.6 Å². The zero-order valence-corrected chi connectivity index (χ0v) is 13.5. The molecule has 2 aromatic heterocycles. The van der Waals surface area contributed by atoms with Crippen LogP contribution in [0.5, 0.6) is 0 Å². The highest BCUT2D eigenvalue weighted by Gasteiger charge is 2.25. The minimum absolute atomic E-state index is 0.221. The van der Waals surface area contributed by atoms with E-state index in [9.17, 15) is 4.79 Å². The molecule has 1 aliphatic rings. The predicted molar refractivity (Wildman–Crippen MR) is 94.9 cm³/mol. The number of carbonyl (C=O) groups is 1. The van der Waals surface area contributed by atoms with Crippen LogP contribution in [0.2, 0.25) is 5.15 Å². The maximum atomic E-state index is 12.3. The van der Waals surface area contributed by atoms with Crippen LogP contribution < -0.4 is 11.1 Å². The molecule has 6 heteroatoms. The molecule has 24 heavy (non-hydrogen) atoms. The number of nitrogens with two attached hydrogens (primary N) is 1. The van der Waals surface area contributed by atoms with Crippen molar-refractivity contribution in [1.29, 1.82) is 0 Å². The number of anilines is 1. The van der Waals surface area contributed by atoms with E-state index < -0.39 is 0 Å². The molecule has 0 aliphatic heterocycles. The summed E-state index contributed by atoms with van der Waals surface area (Å²) in [6.45, 7) is 0. The lowest BCUT2D eigenvalue weighted by Gasteiger charge is -2.12. The van der Waals surface area contributed by atoms with Crippen LogP contribution in [0.25, 0.3) is 21.9 Å². The average molecular weight is 339 g/mol.